The summed E-state index contributed by atoms with van der Waals surface area (Å²) in [6.07, 6.45) is 3.79. The summed E-state index contributed by atoms with van der Waals surface area (Å²) in [5, 5.41) is 8.84. The van der Waals surface area contributed by atoms with E-state index in [2.05, 4.69) is 16.8 Å². The third-order valence-electron chi connectivity index (χ3n) is 3.76. The van der Waals surface area contributed by atoms with Crippen molar-refractivity contribution in [2.75, 3.05) is 40.3 Å². The Bertz CT molecular complexity index is 238. The second-order valence-corrected chi connectivity index (χ2v) is 5.54. The minimum atomic E-state index is -0.698. The lowest BCUT2D eigenvalue weighted by atomic mass is 9.93. The van der Waals surface area contributed by atoms with Crippen molar-refractivity contribution in [2.24, 2.45) is 11.8 Å². The van der Waals surface area contributed by atoms with Gasteiger partial charge < -0.3 is 14.9 Å². The van der Waals surface area contributed by atoms with Crippen molar-refractivity contribution in [1.82, 2.24) is 9.80 Å². The van der Waals surface area contributed by atoms with Crippen LogP contribution in [0.4, 0.5) is 0 Å². The average Bonchev–Trinajstić information content (AvgIpc) is 2.28. The van der Waals surface area contributed by atoms with E-state index < -0.39 is 5.97 Å². The lowest BCUT2D eigenvalue weighted by molar-refractivity contribution is -0.141. The van der Waals surface area contributed by atoms with Crippen LogP contribution in [0.1, 0.15) is 26.2 Å². The molecule has 0 radical (unpaired) electrons. The van der Waals surface area contributed by atoms with Crippen molar-refractivity contribution in [3.8, 4) is 0 Å². The molecule has 1 aliphatic heterocycles. The molecule has 0 aromatic rings. The van der Waals surface area contributed by atoms with Gasteiger partial charge >= 0.3 is 5.97 Å². The van der Waals surface area contributed by atoms with Crippen LogP contribution in [-0.2, 0) is 4.79 Å². The SMILES string of the molecule is CC(CN(C)CCC1CCN(C)CC1)C(=O)O. The fraction of sp³-hybridized carbons (Fsp3) is 0.923. The van der Waals surface area contributed by atoms with Gasteiger partial charge in [-0.1, -0.05) is 6.92 Å². The fourth-order valence-electron chi connectivity index (χ4n) is 2.39. The van der Waals surface area contributed by atoms with Crippen molar-refractivity contribution < 1.29 is 9.90 Å². The van der Waals surface area contributed by atoms with E-state index in [9.17, 15) is 4.79 Å². The molecule has 0 aliphatic carbocycles. The largest absolute Gasteiger partial charge is 0.481 e. The molecule has 0 aromatic heterocycles. The lowest BCUT2D eigenvalue weighted by Crippen LogP contribution is -2.33. The zero-order chi connectivity index (χ0) is 12.8. The van der Waals surface area contributed by atoms with Gasteiger partial charge in [-0.2, -0.15) is 0 Å². The van der Waals surface area contributed by atoms with Crippen LogP contribution in [0, 0.1) is 11.8 Å². The monoisotopic (exact) mass is 242 g/mol. The molecule has 1 rings (SSSR count). The summed E-state index contributed by atoms with van der Waals surface area (Å²) in [6.45, 7) is 5.86. The predicted molar refractivity (Wildman–Crippen MR) is 69.1 cm³/mol. The first-order valence-electron chi connectivity index (χ1n) is 6.59. The first-order valence-corrected chi connectivity index (χ1v) is 6.59. The number of carboxylic acid groups (broad SMARTS) is 1. The number of carboxylic acids is 1. The summed E-state index contributed by atoms with van der Waals surface area (Å²) in [7, 11) is 4.20. The standard InChI is InChI=1S/C13H26N2O2/c1-11(13(16)17)10-15(3)9-6-12-4-7-14(2)8-5-12/h11-12H,4-10H2,1-3H3,(H,16,17). The van der Waals surface area contributed by atoms with E-state index in [1.54, 1.807) is 6.92 Å². The van der Waals surface area contributed by atoms with Crippen molar-refractivity contribution in [2.45, 2.75) is 26.2 Å². The maximum absolute atomic E-state index is 10.7. The Morgan fingerprint density at radius 3 is 2.59 bits per heavy atom. The Hall–Kier alpha value is -0.610. The summed E-state index contributed by atoms with van der Waals surface area (Å²) in [4.78, 5) is 15.3. The number of aliphatic carboxylic acids is 1. The Kier molecular flexibility index (Phi) is 5.92. The normalized spacial score (nSPS) is 20.7. The molecule has 17 heavy (non-hydrogen) atoms. The number of likely N-dealkylation sites (tertiary alicyclic amines) is 1. The van der Waals surface area contributed by atoms with Crippen LogP contribution >= 0.6 is 0 Å². The maximum atomic E-state index is 10.7. The minimum absolute atomic E-state index is 0.266. The van der Waals surface area contributed by atoms with E-state index in [1.165, 1.54) is 32.4 Å². The zero-order valence-corrected chi connectivity index (χ0v) is 11.4. The highest BCUT2D eigenvalue weighted by Gasteiger charge is 2.18. The smallest absolute Gasteiger partial charge is 0.307 e. The first kappa shape index (κ1) is 14.5. The summed E-state index contributed by atoms with van der Waals surface area (Å²) in [5.74, 6) is -0.137. The number of hydrogen-bond donors (Lipinski definition) is 1. The van der Waals surface area contributed by atoms with E-state index in [4.69, 9.17) is 5.11 Å². The molecule has 0 aromatic carbocycles. The zero-order valence-electron chi connectivity index (χ0n) is 11.4. The van der Waals surface area contributed by atoms with Gasteiger partial charge in [-0.3, -0.25) is 4.79 Å². The van der Waals surface area contributed by atoms with Crippen LogP contribution in [0.2, 0.25) is 0 Å². The van der Waals surface area contributed by atoms with Crippen LogP contribution in [-0.4, -0.2) is 61.2 Å². The van der Waals surface area contributed by atoms with E-state index in [-0.39, 0.29) is 5.92 Å². The van der Waals surface area contributed by atoms with Gasteiger partial charge in [0.1, 0.15) is 0 Å². The molecule has 1 N–H and O–H groups in total. The van der Waals surface area contributed by atoms with Crippen molar-refractivity contribution in [1.29, 1.82) is 0 Å². The number of rotatable bonds is 6. The second-order valence-electron chi connectivity index (χ2n) is 5.54. The van der Waals surface area contributed by atoms with Gasteiger partial charge in [0.25, 0.3) is 0 Å². The summed E-state index contributed by atoms with van der Waals surface area (Å²) < 4.78 is 0. The quantitative estimate of drug-likeness (QED) is 0.764. The summed E-state index contributed by atoms with van der Waals surface area (Å²) in [6, 6.07) is 0. The molecule has 0 amide bonds. The first-order chi connectivity index (χ1) is 7.99. The molecule has 4 heteroatoms. The minimum Gasteiger partial charge on any atom is -0.481 e. The second kappa shape index (κ2) is 6.97. The van der Waals surface area contributed by atoms with E-state index in [0.29, 0.717) is 6.54 Å². The van der Waals surface area contributed by atoms with Crippen LogP contribution < -0.4 is 0 Å². The number of carbonyl (C=O) groups is 1. The molecule has 0 saturated carbocycles. The summed E-state index contributed by atoms with van der Waals surface area (Å²) >= 11 is 0. The van der Waals surface area contributed by atoms with Gasteiger partial charge in [-0.05, 0) is 58.9 Å². The molecular weight excluding hydrogens is 216 g/mol. The highest BCUT2D eigenvalue weighted by Crippen LogP contribution is 2.19. The van der Waals surface area contributed by atoms with Gasteiger partial charge in [0, 0.05) is 6.54 Å². The van der Waals surface area contributed by atoms with Crippen molar-refractivity contribution in [3.05, 3.63) is 0 Å². The average molecular weight is 242 g/mol. The molecule has 1 saturated heterocycles. The fourth-order valence-corrected chi connectivity index (χ4v) is 2.39. The molecule has 100 valence electrons. The topological polar surface area (TPSA) is 43.8 Å². The molecule has 0 spiro atoms. The van der Waals surface area contributed by atoms with Crippen molar-refractivity contribution >= 4 is 5.97 Å². The summed E-state index contributed by atoms with van der Waals surface area (Å²) in [5.41, 5.74) is 0. The van der Waals surface area contributed by atoms with E-state index in [0.717, 1.165) is 12.5 Å². The highest BCUT2D eigenvalue weighted by molar-refractivity contribution is 5.69. The predicted octanol–water partition coefficient (Wildman–Crippen LogP) is 1.37. The molecular formula is C13H26N2O2. The van der Waals surface area contributed by atoms with Gasteiger partial charge in [0.15, 0.2) is 0 Å². The van der Waals surface area contributed by atoms with Crippen LogP contribution in [0.15, 0.2) is 0 Å². The molecule has 1 heterocycles. The van der Waals surface area contributed by atoms with Gasteiger partial charge in [-0.25, -0.2) is 0 Å². The Labute approximate surface area is 105 Å². The number of piperidine rings is 1. The van der Waals surface area contributed by atoms with Crippen molar-refractivity contribution in [3.63, 3.8) is 0 Å². The Morgan fingerprint density at radius 1 is 1.47 bits per heavy atom. The van der Waals surface area contributed by atoms with E-state index in [1.807, 2.05) is 7.05 Å². The third kappa shape index (κ3) is 5.50. The molecule has 1 fully saturated rings. The molecule has 1 unspecified atom stereocenters. The molecule has 0 bridgehead atoms. The Morgan fingerprint density at radius 2 is 2.06 bits per heavy atom. The van der Waals surface area contributed by atoms with E-state index >= 15 is 0 Å². The maximum Gasteiger partial charge on any atom is 0.307 e. The molecule has 1 atom stereocenters. The molecule has 4 nitrogen and oxygen atoms in total. The van der Waals surface area contributed by atoms with Crippen LogP contribution in [0.25, 0.3) is 0 Å². The highest BCUT2D eigenvalue weighted by atomic mass is 16.4. The van der Waals surface area contributed by atoms with Gasteiger partial charge in [-0.15, -0.1) is 0 Å². The third-order valence-corrected chi connectivity index (χ3v) is 3.76. The van der Waals surface area contributed by atoms with Gasteiger partial charge in [0.05, 0.1) is 5.92 Å². The number of hydrogen-bond acceptors (Lipinski definition) is 3. The van der Waals surface area contributed by atoms with Crippen LogP contribution in [0.5, 0.6) is 0 Å². The molecule has 1 aliphatic rings. The van der Waals surface area contributed by atoms with Crippen LogP contribution in [0.3, 0.4) is 0 Å². The Balaban J connectivity index is 2.15. The number of nitrogens with zero attached hydrogens (tertiary/aromatic N) is 2. The van der Waals surface area contributed by atoms with Gasteiger partial charge in [0.2, 0.25) is 0 Å². The lowest BCUT2D eigenvalue weighted by Gasteiger charge is -2.30.